The predicted molar refractivity (Wildman–Crippen MR) is 119 cm³/mol. The lowest BCUT2D eigenvalue weighted by Crippen LogP contribution is -2.12. The van der Waals surface area contributed by atoms with E-state index in [4.69, 9.17) is 11.6 Å². The summed E-state index contributed by atoms with van der Waals surface area (Å²) in [5.41, 5.74) is 3.41. The molecule has 2 aromatic carbocycles. The minimum Gasteiger partial charge on any atom is -0.329 e. The fraction of sp³-hybridized carbons (Fsp3) is 0.143. The summed E-state index contributed by atoms with van der Waals surface area (Å²) in [6.45, 7) is 2.17. The number of benzene rings is 2. The van der Waals surface area contributed by atoms with Crippen molar-refractivity contribution in [1.29, 1.82) is 0 Å². The molecule has 27 heavy (non-hydrogen) atoms. The molecule has 2 heterocycles. The number of rotatable bonds is 4. The largest absolute Gasteiger partial charge is 0.329 e. The van der Waals surface area contributed by atoms with Crippen molar-refractivity contribution >= 4 is 60.6 Å². The van der Waals surface area contributed by atoms with Gasteiger partial charge in [0.15, 0.2) is 0 Å². The smallest absolute Gasteiger partial charge is 0.225 e. The van der Waals surface area contributed by atoms with Crippen molar-refractivity contribution in [3.63, 3.8) is 0 Å². The van der Waals surface area contributed by atoms with Crippen LogP contribution in [0.15, 0.2) is 59.1 Å². The first-order chi connectivity index (χ1) is 13.1. The van der Waals surface area contributed by atoms with Gasteiger partial charge in [-0.25, -0.2) is 4.98 Å². The van der Waals surface area contributed by atoms with E-state index in [2.05, 4.69) is 74.1 Å². The van der Waals surface area contributed by atoms with Crippen LogP contribution in [0.1, 0.15) is 11.8 Å². The molecule has 0 aliphatic heterocycles. The maximum atomic E-state index is 6.28. The SMILES string of the molecule is CCc1sc2nc(Cl)nc(N(C)c3ccccc3)c2c1-c1ccc(Br)cc1. The molecule has 0 aliphatic carbocycles. The molecule has 0 unspecified atom stereocenters. The van der Waals surface area contributed by atoms with E-state index in [1.807, 2.05) is 25.2 Å². The lowest BCUT2D eigenvalue weighted by atomic mass is 10.0. The Morgan fingerprint density at radius 1 is 1.04 bits per heavy atom. The zero-order chi connectivity index (χ0) is 19.0. The maximum Gasteiger partial charge on any atom is 0.225 e. The summed E-state index contributed by atoms with van der Waals surface area (Å²) in [4.78, 5) is 13.4. The fourth-order valence-electron chi connectivity index (χ4n) is 3.19. The molecule has 0 saturated heterocycles. The van der Waals surface area contributed by atoms with Gasteiger partial charge in [-0.1, -0.05) is 53.2 Å². The van der Waals surface area contributed by atoms with Crippen molar-refractivity contribution in [2.45, 2.75) is 13.3 Å². The van der Waals surface area contributed by atoms with Gasteiger partial charge >= 0.3 is 0 Å². The minimum atomic E-state index is 0.270. The number of hydrogen-bond donors (Lipinski definition) is 0. The zero-order valence-electron chi connectivity index (χ0n) is 14.9. The first-order valence-electron chi connectivity index (χ1n) is 8.62. The molecule has 6 heteroatoms. The van der Waals surface area contributed by atoms with Gasteiger partial charge in [0.05, 0.1) is 5.39 Å². The Labute approximate surface area is 175 Å². The van der Waals surface area contributed by atoms with Crippen molar-refractivity contribution in [2.75, 3.05) is 11.9 Å². The Balaban J connectivity index is 2.01. The number of aryl methyl sites for hydroxylation is 1. The van der Waals surface area contributed by atoms with Crippen LogP contribution >= 0.6 is 38.9 Å². The van der Waals surface area contributed by atoms with Gasteiger partial charge in [-0.2, -0.15) is 4.98 Å². The Morgan fingerprint density at radius 3 is 2.41 bits per heavy atom. The molecule has 0 saturated carbocycles. The van der Waals surface area contributed by atoms with E-state index < -0.39 is 0 Å². The van der Waals surface area contributed by atoms with Gasteiger partial charge in [0.25, 0.3) is 0 Å². The van der Waals surface area contributed by atoms with Gasteiger partial charge in [0.2, 0.25) is 5.28 Å². The molecule has 4 rings (SSSR count). The molecule has 0 bridgehead atoms. The highest BCUT2D eigenvalue weighted by Crippen LogP contribution is 2.44. The van der Waals surface area contributed by atoms with E-state index in [1.165, 1.54) is 10.4 Å². The average Bonchev–Trinajstić information content (AvgIpc) is 3.06. The number of fused-ring (bicyclic) bond motifs is 1. The van der Waals surface area contributed by atoms with Gasteiger partial charge in [-0.3, -0.25) is 0 Å². The monoisotopic (exact) mass is 457 g/mol. The molecule has 0 aliphatic rings. The van der Waals surface area contributed by atoms with E-state index in [0.29, 0.717) is 0 Å². The molecular weight excluding hydrogens is 442 g/mol. The molecule has 0 spiro atoms. The van der Waals surface area contributed by atoms with Crippen LogP contribution in [0.3, 0.4) is 0 Å². The number of anilines is 2. The predicted octanol–water partition coefficient (Wildman–Crippen LogP) is 7.10. The average molecular weight is 459 g/mol. The van der Waals surface area contributed by atoms with Gasteiger partial charge in [-0.15, -0.1) is 11.3 Å². The highest BCUT2D eigenvalue weighted by atomic mass is 79.9. The number of halogens is 2. The summed E-state index contributed by atoms with van der Waals surface area (Å²) < 4.78 is 1.06. The van der Waals surface area contributed by atoms with Crippen molar-refractivity contribution in [2.24, 2.45) is 0 Å². The third-order valence-corrected chi connectivity index (χ3v) is 6.42. The Morgan fingerprint density at radius 2 is 1.74 bits per heavy atom. The van der Waals surface area contributed by atoms with E-state index >= 15 is 0 Å². The quantitative estimate of drug-likeness (QED) is 0.305. The molecule has 136 valence electrons. The second kappa shape index (κ2) is 7.58. The van der Waals surface area contributed by atoms with E-state index in [9.17, 15) is 0 Å². The van der Waals surface area contributed by atoms with Crippen LogP contribution in [-0.4, -0.2) is 17.0 Å². The Hall–Kier alpha value is -1.95. The third kappa shape index (κ3) is 3.47. The highest BCUT2D eigenvalue weighted by molar-refractivity contribution is 9.10. The van der Waals surface area contributed by atoms with Crippen LogP contribution in [0.4, 0.5) is 11.5 Å². The van der Waals surface area contributed by atoms with Crippen LogP contribution in [0.25, 0.3) is 21.3 Å². The Bertz CT molecular complexity index is 1090. The number of nitrogens with zero attached hydrogens (tertiary/aromatic N) is 3. The summed E-state index contributed by atoms with van der Waals surface area (Å²) in [6, 6.07) is 18.6. The first-order valence-corrected chi connectivity index (χ1v) is 10.6. The lowest BCUT2D eigenvalue weighted by Gasteiger charge is -2.20. The van der Waals surface area contributed by atoms with Crippen LogP contribution in [-0.2, 0) is 6.42 Å². The number of thiophene rings is 1. The first kappa shape index (κ1) is 18.4. The van der Waals surface area contributed by atoms with E-state index in [0.717, 1.165) is 38.2 Å². The fourth-order valence-corrected chi connectivity index (χ4v) is 4.80. The van der Waals surface area contributed by atoms with Crippen LogP contribution in [0.2, 0.25) is 5.28 Å². The summed E-state index contributed by atoms with van der Waals surface area (Å²) in [5, 5.41) is 1.32. The van der Waals surface area contributed by atoms with Crippen LogP contribution in [0.5, 0.6) is 0 Å². The van der Waals surface area contributed by atoms with Crippen LogP contribution < -0.4 is 4.90 Å². The number of aromatic nitrogens is 2. The van der Waals surface area contributed by atoms with E-state index in [1.54, 1.807) is 11.3 Å². The standard InChI is InChI=1S/C21H17BrClN3S/c1-3-16-17(13-9-11-14(22)12-10-13)18-19(24-21(23)25-20(18)27-16)26(2)15-7-5-4-6-8-15/h4-12H,3H2,1-2H3. The third-order valence-electron chi connectivity index (χ3n) is 4.49. The molecule has 0 N–H and O–H groups in total. The van der Waals surface area contributed by atoms with Crippen molar-refractivity contribution in [3.05, 3.63) is 69.2 Å². The molecule has 0 amide bonds. The number of para-hydroxylation sites is 1. The highest BCUT2D eigenvalue weighted by Gasteiger charge is 2.21. The molecule has 2 aromatic heterocycles. The van der Waals surface area contributed by atoms with Crippen molar-refractivity contribution in [3.8, 4) is 11.1 Å². The van der Waals surface area contributed by atoms with E-state index in [-0.39, 0.29) is 5.28 Å². The zero-order valence-corrected chi connectivity index (χ0v) is 18.1. The summed E-state index contributed by atoms with van der Waals surface area (Å²) in [5.74, 6) is 0.824. The molecular formula is C21H17BrClN3S. The molecule has 4 aromatic rings. The summed E-state index contributed by atoms with van der Waals surface area (Å²) in [7, 11) is 2.02. The molecule has 0 radical (unpaired) electrons. The van der Waals surface area contributed by atoms with Crippen LogP contribution in [0, 0.1) is 0 Å². The topological polar surface area (TPSA) is 29.0 Å². The number of hydrogen-bond acceptors (Lipinski definition) is 4. The van der Waals surface area contributed by atoms with Gasteiger partial charge in [0, 0.05) is 27.6 Å². The molecule has 0 atom stereocenters. The lowest BCUT2D eigenvalue weighted by molar-refractivity contribution is 1.11. The van der Waals surface area contributed by atoms with Crippen molar-refractivity contribution in [1.82, 2.24) is 9.97 Å². The maximum absolute atomic E-state index is 6.28. The minimum absolute atomic E-state index is 0.270. The molecule has 0 fully saturated rings. The summed E-state index contributed by atoms with van der Waals surface area (Å²) in [6.07, 6.45) is 0.929. The second-order valence-corrected chi connectivity index (χ2v) is 8.49. The normalized spacial score (nSPS) is 11.1. The second-order valence-electron chi connectivity index (χ2n) is 6.15. The Kier molecular flexibility index (Phi) is 5.17. The molecule has 3 nitrogen and oxygen atoms in total. The van der Waals surface area contributed by atoms with Crippen molar-refractivity contribution < 1.29 is 0 Å². The summed E-state index contributed by atoms with van der Waals surface area (Å²) >= 11 is 11.5. The van der Waals surface area contributed by atoms with Gasteiger partial charge < -0.3 is 4.90 Å². The van der Waals surface area contributed by atoms with Gasteiger partial charge in [0.1, 0.15) is 10.6 Å². The van der Waals surface area contributed by atoms with Gasteiger partial charge in [-0.05, 0) is 47.9 Å².